The van der Waals surface area contributed by atoms with E-state index >= 15 is 0 Å². The number of nitrogens with zero attached hydrogens (tertiary/aromatic N) is 1. The van der Waals surface area contributed by atoms with Crippen molar-refractivity contribution >= 4 is 52.5 Å². The molecule has 0 bridgehead atoms. The number of nitriles is 1. The number of hydrogen-bond donors (Lipinski definition) is 1. The number of hydrogen-bond acceptors (Lipinski definition) is 3. The van der Waals surface area contributed by atoms with Gasteiger partial charge in [-0.05, 0) is 48.0 Å². The van der Waals surface area contributed by atoms with Crippen LogP contribution in [0.3, 0.4) is 0 Å². The fraction of sp³-hybridized carbons (Fsp3) is 0.0435. The van der Waals surface area contributed by atoms with Gasteiger partial charge in [-0.3, -0.25) is 4.79 Å². The zero-order chi connectivity index (χ0) is 21.5. The molecule has 0 heterocycles. The average Bonchev–Trinajstić information content (AvgIpc) is 2.71. The van der Waals surface area contributed by atoms with Crippen molar-refractivity contribution in [2.75, 3.05) is 5.32 Å². The second-order valence-corrected chi connectivity index (χ2v) is 7.51. The van der Waals surface area contributed by atoms with Crippen LogP contribution in [-0.4, -0.2) is 5.91 Å². The normalized spacial score (nSPS) is 10.9. The summed E-state index contributed by atoms with van der Waals surface area (Å²) in [6.45, 7) is 0.336. The minimum Gasteiger partial charge on any atom is -0.489 e. The number of rotatable bonds is 6. The van der Waals surface area contributed by atoms with E-state index in [0.29, 0.717) is 38.7 Å². The van der Waals surface area contributed by atoms with Gasteiger partial charge in [-0.2, -0.15) is 5.26 Å². The number of carbonyl (C=O) groups is 1. The standard InChI is InChI=1S/C23H15Cl3N2O2/c24-18-10-19(25)12-20(11-18)28-23(29)17(13-27)9-15-5-7-21(8-6-15)30-14-16-3-1-2-4-22(16)26/h1-12H,14H2,(H,28,29)/b17-9+. The van der Waals surface area contributed by atoms with E-state index in [1.54, 1.807) is 48.5 Å². The lowest BCUT2D eigenvalue weighted by Gasteiger charge is -2.08. The third kappa shape index (κ3) is 6.01. The summed E-state index contributed by atoms with van der Waals surface area (Å²) in [5.74, 6) is 0.0819. The topological polar surface area (TPSA) is 62.1 Å². The first kappa shape index (κ1) is 21.7. The number of carbonyl (C=O) groups excluding carboxylic acids is 1. The van der Waals surface area contributed by atoms with Gasteiger partial charge in [0.15, 0.2) is 0 Å². The molecule has 0 saturated heterocycles. The van der Waals surface area contributed by atoms with E-state index in [1.165, 1.54) is 6.08 Å². The number of nitrogens with one attached hydrogen (secondary N) is 1. The zero-order valence-electron chi connectivity index (χ0n) is 15.5. The van der Waals surface area contributed by atoms with Gasteiger partial charge in [-0.15, -0.1) is 0 Å². The van der Waals surface area contributed by atoms with Crippen molar-refractivity contribution in [1.82, 2.24) is 0 Å². The van der Waals surface area contributed by atoms with Crippen LogP contribution in [0.5, 0.6) is 5.75 Å². The summed E-state index contributed by atoms with van der Waals surface area (Å²) in [5.41, 5.74) is 1.90. The molecule has 0 aliphatic carbocycles. The van der Waals surface area contributed by atoms with Crippen LogP contribution >= 0.6 is 34.8 Å². The molecule has 0 unspecified atom stereocenters. The Bertz CT molecular complexity index is 1120. The number of benzene rings is 3. The van der Waals surface area contributed by atoms with Crippen LogP contribution in [0.1, 0.15) is 11.1 Å². The lowest BCUT2D eigenvalue weighted by Crippen LogP contribution is -2.13. The van der Waals surface area contributed by atoms with Crippen molar-refractivity contribution < 1.29 is 9.53 Å². The molecule has 0 atom stereocenters. The Morgan fingerprint density at radius 2 is 1.67 bits per heavy atom. The molecule has 30 heavy (non-hydrogen) atoms. The third-order valence-electron chi connectivity index (χ3n) is 4.03. The Morgan fingerprint density at radius 3 is 2.30 bits per heavy atom. The van der Waals surface area contributed by atoms with E-state index in [1.807, 2.05) is 24.3 Å². The van der Waals surface area contributed by atoms with E-state index in [-0.39, 0.29) is 5.57 Å². The molecule has 0 aliphatic rings. The van der Waals surface area contributed by atoms with Crippen molar-refractivity contribution in [3.63, 3.8) is 0 Å². The smallest absolute Gasteiger partial charge is 0.266 e. The minimum atomic E-state index is -0.560. The van der Waals surface area contributed by atoms with E-state index < -0.39 is 5.91 Å². The van der Waals surface area contributed by atoms with Gasteiger partial charge in [0.05, 0.1) is 0 Å². The summed E-state index contributed by atoms with van der Waals surface area (Å²) in [5, 5.41) is 13.4. The molecule has 0 aromatic heterocycles. The molecule has 1 N–H and O–H groups in total. The monoisotopic (exact) mass is 456 g/mol. The average molecular weight is 458 g/mol. The quantitative estimate of drug-likeness (QED) is 0.328. The SMILES string of the molecule is N#C/C(=C\c1ccc(OCc2ccccc2Cl)cc1)C(=O)Nc1cc(Cl)cc(Cl)c1. The molecular formula is C23H15Cl3N2O2. The Morgan fingerprint density at radius 1 is 1.00 bits per heavy atom. The van der Waals surface area contributed by atoms with Crippen LogP contribution in [0.25, 0.3) is 6.08 Å². The summed E-state index contributed by atoms with van der Waals surface area (Å²) in [6, 6.07) is 21.0. The van der Waals surface area contributed by atoms with Gasteiger partial charge < -0.3 is 10.1 Å². The number of halogens is 3. The summed E-state index contributed by atoms with van der Waals surface area (Å²) in [7, 11) is 0. The summed E-state index contributed by atoms with van der Waals surface area (Å²) in [6.07, 6.45) is 1.49. The van der Waals surface area contributed by atoms with Crippen LogP contribution in [0.4, 0.5) is 5.69 Å². The summed E-state index contributed by atoms with van der Waals surface area (Å²) in [4.78, 5) is 12.4. The van der Waals surface area contributed by atoms with Gasteiger partial charge in [0, 0.05) is 26.3 Å². The van der Waals surface area contributed by atoms with E-state index in [4.69, 9.17) is 39.5 Å². The third-order valence-corrected chi connectivity index (χ3v) is 4.83. The molecule has 0 radical (unpaired) electrons. The number of ether oxygens (including phenoxy) is 1. The lowest BCUT2D eigenvalue weighted by molar-refractivity contribution is -0.112. The fourth-order valence-electron chi connectivity index (χ4n) is 2.58. The number of anilines is 1. The highest BCUT2D eigenvalue weighted by atomic mass is 35.5. The zero-order valence-corrected chi connectivity index (χ0v) is 17.8. The van der Waals surface area contributed by atoms with Crippen molar-refractivity contribution in [2.45, 2.75) is 6.61 Å². The molecule has 3 rings (SSSR count). The Balaban J connectivity index is 1.67. The summed E-state index contributed by atoms with van der Waals surface area (Å²) < 4.78 is 5.73. The largest absolute Gasteiger partial charge is 0.489 e. The van der Waals surface area contributed by atoms with Crippen molar-refractivity contribution in [3.05, 3.63) is 98.5 Å². The maximum absolute atomic E-state index is 12.4. The Labute approximate surface area is 189 Å². The van der Waals surface area contributed by atoms with Gasteiger partial charge in [0.2, 0.25) is 0 Å². The molecule has 0 fully saturated rings. The van der Waals surface area contributed by atoms with Crippen molar-refractivity contribution in [1.29, 1.82) is 5.26 Å². The first-order valence-electron chi connectivity index (χ1n) is 8.80. The number of amides is 1. The van der Waals surface area contributed by atoms with Crippen LogP contribution in [0, 0.1) is 11.3 Å². The van der Waals surface area contributed by atoms with Gasteiger partial charge in [0.1, 0.15) is 24.0 Å². The Hall–Kier alpha value is -2.97. The maximum atomic E-state index is 12.4. The highest BCUT2D eigenvalue weighted by Gasteiger charge is 2.11. The first-order chi connectivity index (χ1) is 14.4. The predicted octanol–water partition coefficient (Wildman–Crippen LogP) is 6.77. The van der Waals surface area contributed by atoms with E-state index in [2.05, 4.69) is 5.32 Å². The molecule has 150 valence electrons. The predicted molar refractivity (Wildman–Crippen MR) is 121 cm³/mol. The van der Waals surface area contributed by atoms with E-state index in [0.717, 1.165) is 5.56 Å². The van der Waals surface area contributed by atoms with Crippen molar-refractivity contribution in [2.24, 2.45) is 0 Å². The minimum absolute atomic E-state index is 0.0594. The van der Waals surface area contributed by atoms with Gasteiger partial charge in [-0.1, -0.05) is 65.1 Å². The molecule has 1 amide bonds. The Kier molecular flexibility index (Phi) is 7.37. The van der Waals surface area contributed by atoms with Crippen molar-refractivity contribution in [3.8, 4) is 11.8 Å². The van der Waals surface area contributed by atoms with Crippen LogP contribution in [0.2, 0.25) is 15.1 Å². The van der Waals surface area contributed by atoms with Crippen LogP contribution < -0.4 is 10.1 Å². The van der Waals surface area contributed by atoms with Gasteiger partial charge >= 0.3 is 0 Å². The molecule has 0 aliphatic heterocycles. The molecule has 3 aromatic rings. The van der Waals surface area contributed by atoms with E-state index in [9.17, 15) is 10.1 Å². The second-order valence-electron chi connectivity index (χ2n) is 6.23. The second kappa shape index (κ2) is 10.2. The highest BCUT2D eigenvalue weighted by molar-refractivity contribution is 6.35. The highest BCUT2D eigenvalue weighted by Crippen LogP contribution is 2.23. The maximum Gasteiger partial charge on any atom is 0.266 e. The molecule has 7 heteroatoms. The molecular weight excluding hydrogens is 443 g/mol. The van der Waals surface area contributed by atoms with Gasteiger partial charge in [-0.25, -0.2) is 0 Å². The summed E-state index contributed by atoms with van der Waals surface area (Å²) >= 11 is 18.0. The molecule has 0 saturated carbocycles. The fourth-order valence-corrected chi connectivity index (χ4v) is 3.29. The molecule has 3 aromatic carbocycles. The van der Waals surface area contributed by atoms with Crippen LogP contribution in [-0.2, 0) is 11.4 Å². The van der Waals surface area contributed by atoms with Crippen LogP contribution in [0.15, 0.2) is 72.3 Å². The molecule has 0 spiro atoms. The molecule has 4 nitrogen and oxygen atoms in total. The first-order valence-corrected chi connectivity index (χ1v) is 9.93. The lowest BCUT2D eigenvalue weighted by atomic mass is 10.1. The van der Waals surface area contributed by atoms with Gasteiger partial charge in [0.25, 0.3) is 5.91 Å².